The number of rotatable bonds is 8. The molecule has 10 heteroatoms. The molecule has 0 aliphatic carbocycles. The van der Waals surface area contributed by atoms with Crippen LogP contribution in [-0.4, -0.2) is 47.5 Å². The Labute approximate surface area is 181 Å². The number of anilines is 3. The van der Waals surface area contributed by atoms with Gasteiger partial charge in [-0.15, -0.1) is 12.4 Å². The third-order valence-corrected chi connectivity index (χ3v) is 3.90. The normalized spacial score (nSPS) is 10.4. The van der Waals surface area contributed by atoms with E-state index in [0.29, 0.717) is 30.1 Å². The average molecular weight is 430 g/mol. The number of hydrogen-bond acceptors (Lipinski definition) is 9. The maximum atomic E-state index is 9.66. The number of hydrogen-bond donors (Lipinski definition) is 3. The van der Waals surface area contributed by atoms with Crippen LogP contribution in [0.3, 0.4) is 0 Å². The number of nitrogens with one attached hydrogen (secondary N) is 2. The van der Waals surface area contributed by atoms with Gasteiger partial charge in [0.1, 0.15) is 0 Å². The highest BCUT2D eigenvalue weighted by atomic mass is 35.5. The molecule has 0 atom stereocenters. The van der Waals surface area contributed by atoms with Gasteiger partial charge < -0.3 is 20.1 Å². The van der Waals surface area contributed by atoms with Gasteiger partial charge >= 0.3 is 0 Å². The van der Waals surface area contributed by atoms with Crippen LogP contribution in [0.4, 0.5) is 17.8 Å². The van der Waals surface area contributed by atoms with Crippen molar-refractivity contribution in [2.45, 2.75) is 6.54 Å². The lowest BCUT2D eigenvalue weighted by atomic mass is 10.2. The predicted octanol–water partition coefficient (Wildman–Crippen LogP) is 3.13. The zero-order chi connectivity index (χ0) is 20.6. The summed E-state index contributed by atoms with van der Waals surface area (Å²) < 4.78 is 5.09. The first-order valence-electron chi connectivity index (χ1n) is 8.92. The summed E-state index contributed by atoms with van der Waals surface area (Å²) in [5.74, 6) is 1.69. The summed E-state index contributed by atoms with van der Waals surface area (Å²) >= 11 is 0. The number of aromatic hydroxyl groups is 1. The molecule has 0 bridgehead atoms. The lowest BCUT2D eigenvalue weighted by molar-refractivity contribution is 0.373. The van der Waals surface area contributed by atoms with E-state index in [-0.39, 0.29) is 18.2 Å². The van der Waals surface area contributed by atoms with Gasteiger partial charge in [0.05, 0.1) is 13.3 Å². The molecule has 0 aliphatic heterocycles. The zero-order valence-electron chi connectivity index (χ0n) is 16.9. The van der Waals surface area contributed by atoms with Gasteiger partial charge in [-0.3, -0.25) is 0 Å². The Balaban J connectivity index is 0.00000320. The number of phenolic OH excluding ortho intramolecular Hbond substituents is 1. The Hall–Kier alpha value is -3.59. The van der Waals surface area contributed by atoms with Gasteiger partial charge in [-0.1, -0.05) is 30.3 Å². The minimum Gasteiger partial charge on any atom is -0.504 e. The van der Waals surface area contributed by atoms with Crippen LogP contribution in [0.5, 0.6) is 11.5 Å². The Morgan fingerprint density at radius 3 is 2.50 bits per heavy atom. The van der Waals surface area contributed by atoms with Crippen LogP contribution < -0.4 is 20.4 Å². The summed E-state index contributed by atoms with van der Waals surface area (Å²) in [7, 11) is 5.20. The minimum absolute atomic E-state index is 0. The van der Waals surface area contributed by atoms with E-state index in [4.69, 9.17) is 4.74 Å². The highest BCUT2D eigenvalue weighted by molar-refractivity contribution is 5.85. The Morgan fingerprint density at radius 2 is 1.80 bits per heavy atom. The van der Waals surface area contributed by atoms with Crippen LogP contribution in [0.15, 0.2) is 53.6 Å². The quantitative estimate of drug-likeness (QED) is 0.370. The standard InChI is InChI=1S/C20H23N7O2.ClH/c1-27(2)20-24-18(21-12-14-7-5-4-6-8-14)23-19(25-20)26-22-13-15-9-10-16(28)17(11-15)29-3;/h4-11,13,28H,12H2,1-3H3,(H2,21,23,24,25,26);1H/b22-13+;. The fraction of sp³-hybridized carbons (Fsp3) is 0.200. The van der Waals surface area contributed by atoms with Gasteiger partial charge in [-0.25, -0.2) is 5.43 Å². The van der Waals surface area contributed by atoms with E-state index in [0.717, 1.165) is 11.1 Å². The topological polar surface area (TPSA) is 108 Å². The van der Waals surface area contributed by atoms with Crippen LogP contribution >= 0.6 is 12.4 Å². The molecule has 3 rings (SSSR count). The van der Waals surface area contributed by atoms with Gasteiger partial charge in [0.25, 0.3) is 0 Å². The molecule has 1 heterocycles. The van der Waals surface area contributed by atoms with Crippen molar-refractivity contribution in [3.8, 4) is 11.5 Å². The SMILES string of the molecule is COc1cc(/C=N/Nc2nc(NCc3ccccc3)nc(N(C)C)n2)ccc1O.Cl. The molecule has 30 heavy (non-hydrogen) atoms. The van der Waals surface area contributed by atoms with E-state index in [2.05, 4.69) is 30.8 Å². The Bertz CT molecular complexity index is 984. The van der Waals surface area contributed by atoms with Gasteiger partial charge in [0.2, 0.25) is 17.8 Å². The second-order valence-corrected chi connectivity index (χ2v) is 6.32. The minimum atomic E-state index is 0. The maximum Gasteiger partial charge on any atom is 0.250 e. The molecule has 9 nitrogen and oxygen atoms in total. The third-order valence-electron chi connectivity index (χ3n) is 3.90. The largest absolute Gasteiger partial charge is 0.504 e. The van der Waals surface area contributed by atoms with E-state index in [1.807, 2.05) is 44.4 Å². The van der Waals surface area contributed by atoms with Crippen LogP contribution in [0.1, 0.15) is 11.1 Å². The first-order valence-corrected chi connectivity index (χ1v) is 8.92. The summed E-state index contributed by atoms with van der Waals surface area (Å²) in [4.78, 5) is 14.9. The summed E-state index contributed by atoms with van der Waals surface area (Å²) in [6.07, 6.45) is 1.58. The second kappa shape index (κ2) is 10.8. The van der Waals surface area contributed by atoms with Crippen molar-refractivity contribution in [1.82, 2.24) is 15.0 Å². The van der Waals surface area contributed by atoms with Gasteiger partial charge in [0.15, 0.2) is 11.5 Å². The lowest BCUT2D eigenvalue weighted by Gasteiger charge is -2.13. The highest BCUT2D eigenvalue weighted by Crippen LogP contribution is 2.25. The number of ether oxygens (including phenoxy) is 1. The Morgan fingerprint density at radius 1 is 1.07 bits per heavy atom. The molecule has 2 aromatic carbocycles. The van der Waals surface area contributed by atoms with Crippen molar-refractivity contribution in [3.63, 3.8) is 0 Å². The predicted molar refractivity (Wildman–Crippen MR) is 121 cm³/mol. The summed E-state index contributed by atoms with van der Waals surface area (Å²) in [6.45, 7) is 0.591. The molecule has 0 aliphatic rings. The first kappa shape index (κ1) is 22.7. The fourth-order valence-electron chi connectivity index (χ4n) is 2.41. The Kier molecular flexibility index (Phi) is 8.18. The lowest BCUT2D eigenvalue weighted by Crippen LogP contribution is -2.16. The summed E-state index contributed by atoms with van der Waals surface area (Å²) in [5, 5.41) is 17.0. The van der Waals surface area contributed by atoms with E-state index in [1.54, 1.807) is 29.3 Å². The molecule has 0 spiro atoms. The molecule has 0 saturated carbocycles. The number of phenols is 1. The van der Waals surface area contributed by atoms with Crippen molar-refractivity contribution in [2.75, 3.05) is 36.8 Å². The molecule has 0 radical (unpaired) electrons. The first-order chi connectivity index (χ1) is 14.0. The van der Waals surface area contributed by atoms with E-state index in [1.165, 1.54) is 7.11 Å². The van der Waals surface area contributed by atoms with Crippen molar-refractivity contribution in [3.05, 3.63) is 59.7 Å². The number of nitrogens with zero attached hydrogens (tertiary/aromatic N) is 5. The second-order valence-electron chi connectivity index (χ2n) is 6.32. The molecule has 3 N–H and O–H groups in total. The van der Waals surface area contributed by atoms with Crippen LogP contribution in [0.2, 0.25) is 0 Å². The smallest absolute Gasteiger partial charge is 0.250 e. The average Bonchev–Trinajstić information content (AvgIpc) is 2.74. The van der Waals surface area contributed by atoms with Crippen molar-refractivity contribution in [2.24, 2.45) is 5.10 Å². The van der Waals surface area contributed by atoms with Gasteiger partial charge in [-0.05, 0) is 29.3 Å². The van der Waals surface area contributed by atoms with Crippen molar-refractivity contribution < 1.29 is 9.84 Å². The molecule has 0 fully saturated rings. The molecular formula is C20H24ClN7O2. The molecule has 158 valence electrons. The van der Waals surface area contributed by atoms with Gasteiger partial charge in [-0.2, -0.15) is 20.1 Å². The van der Waals surface area contributed by atoms with E-state index in [9.17, 15) is 5.11 Å². The fourth-order valence-corrected chi connectivity index (χ4v) is 2.41. The summed E-state index contributed by atoms with van der Waals surface area (Å²) in [6, 6.07) is 14.9. The summed E-state index contributed by atoms with van der Waals surface area (Å²) in [5.41, 5.74) is 4.68. The van der Waals surface area contributed by atoms with Crippen LogP contribution in [-0.2, 0) is 6.54 Å². The molecule has 0 unspecified atom stereocenters. The molecule has 3 aromatic rings. The van der Waals surface area contributed by atoms with Crippen LogP contribution in [0, 0.1) is 0 Å². The number of methoxy groups -OCH3 is 1. The molecule has 1 aromatic heterocycles. The number of hydrazone groups is 1. The van der Waals surface area contributed by atoms with E-state index >= 15 is 0 Å². The monoisotopic (exact) mass is 429 g/mol. The molecular weight excluding hydrogens is 406 g/mol. The highest BCUT2D eigenvalue weighted by Gasteiger charge is 2.08. The van der Waals surface area contributed by atoms with Gasteiger partial charge in [0, 0.05) is 20.6 Å². The van der Waals surface area contributed by atoms with E-state index < -0.39 is 0 Å². The van der Waals surface area contributed by atoms with Crippen molar-refractivity contribution in [1.29, 1.82) is 0 Å². The molecule has 0 amide bonds. The maximum absolute atomic E-state index is 9.66. The zero-order valence-corrected chi connectivity index (χ0v) is 17.7. The van der Waals surface area contributed by atoms with Crippen LogP contribution in [0.25, 0.3) is 0 Å². The third kappa shape index (κ3) is 6.21. The molecule has 0 saturated heterocycles. The number of benzene rings is 2. The van der Waals surface area contributed by atoms with Crippen molar-refractivity contribution >= 4 is 36.5 Å². The number of halogens is 1. The number of aromatic nitrogens is 3.